The summed E-state index contributed by atoms with van der Waals surface area (Å²) < 4.78 is 67.1. The van der Waals surface area contributed by atoms with E-state index < -0.39 is 39.7 Å². The topological polar surface area (TPSA) is 120 Å². The molecule has 14 heteroatoms. The number of sulfonamides is 1. The monoisotopic (exact) mass is 596 g/mol. The van der Waals surface area contributed by atoms with Gasteiger partial charge >= 0.3 is 12.1 Å². The van der Waals surface area contributed by atoms with Crippen LogP contribution >= 0.6 is 11.3 Å². The maximum Gasteiger partial charge on any atom is 0.416 e. The number of aromatic nitrogens is 1. The normalized spacial score (nSPS) is 16.8. The summed E-state index contributed by atoms with van der Waals surface area (Å²) in [6, 6.07) is 9.46. The smallest absolute Gasteiger partial charge is 0.416 e. The second-order valence-electron chi connectivity index (χ2n) is 9.53. The molecule has 2 heterocycles. The lowest BCUT2D eigenvalue weighted by molar-refractivity contribution is -0.137. The van der Waals surface area contributed by atoms with E-state index in [9.17, 15) is 36.3 Å². The number of thiazole rings is 1. The van der Waals surface area contributed by atoms with Crippen molar-refractivity contribution in [1.29, 1.82) is 0 Å². The number of carbonyl (C=O) groups is 2. The van der Waals surface area contributed by atoms with Crippen molar-refractivity contribution in [1.82, 2.24) is 14.6 Å². The first kappa shape index (κ1) is 29.5. The second-order valence-corrected chi connectivity index (χ2v) is 12.3. The van der Waals surface area contributed by atoms with E-state index in [0.717, 1.165) is 38.9 Å². The molecule has 3 aromatic rings. The van der Waals surface area contributed by atoms with Crippen molar-refractivity contribution in [2.45, 2.75) is 43.4 Å². The molecule has 1 aliphatic rings. The number of anilines is 1. The minimum Gasteiger partial charge on any atom is -0.476 e. The molecule has 2 aromatic carbocycles. The van der Waals surface area contributed by atoms with E-state index in [1.807, 2.05) is 24.3 Å². The molecule has 0 bridgehead atoms. The molecule has 9 nitrogen and oxygen atoms in total. The Balaban J connectivity index is 1.59. The van der Waals surface area contributed by atoms with Gasteiger partial charge in [0.2, 0.25) is 15.9 Å². The summed E-state index contributed by atoms with van der Waals surface area (Å²) in [4.78, 5) is 30.0. The third-order valence-corrected chi connectivity index (χ3v) is 9.34. The third-order valence-electron chi connectivity index (χ3n) is 6.52. The number of aromatic carboxylic acids is 1. The zero-order valence-corrected chi connectivity index (χ0v) is 23.2. The van der Waals surface area contributed by atoms with E-state index in [1.165, 1.54) is 5.38 Å². The lowest BCUT2D eigenvalue weighted by Gasteiger charge is -2.39. The molecule has 0 saturated carbocycles. The van der Waals surface area contributed by atoms with Crippen molar-refractivity contribution >= 4 is 38.4 Å². The zero-order chi connectivity index (χ0) is 29.2. The Kier molecular flexibility index (Phi) is 8.52. The van der Waals surface area contributed by atoms with Crippen LogP contribution in [0.5, 0.6) is 0 Å². The third kappa shape index (κ3) is 6.45. The molecule has 0 aliphatic carbocycles. The summed E-state index contributed by atoms with van der Waals surface area (Å²) in [6.45, 7) is 4.02. The van der Waals surface area contributed by atoms with Crippen LogP contribution in [0.4, 0.5) is 18.3 Å². The van der Waals surface area contributed by atoms with Crippen LogP contribution in [0.2, 0.25) is 0 Å². The Morgan fingerprint density at radius 3 is 2.30 bits per heavy atom. The van der Waals surface area contributed by atoms with Gasteiger partial charge in [-0.25, -0.2) is 18.2 Å². The lowest BCUT2D eigenvalue weighted by atomic mass is 10.0. The first-order chi connectivity index (χ1) is 18.8. The molecule has 0 spiro atoms. The highest BCUT2D eigenvalue weighted by atomic mass is 32.2. The van der Waals surface area contributed by atoms with E-state index in [4.69, 9.17) is 0 Å². The fraction of sp³-hybridized carbons (Fsp3) is 0.346. The van der Waals surface area contributed by atoms with Crippen LogP contribution in [-0.2, 0) is 27.5 Å². The molecular formula is C26H27F3N4O5S2. The fourth-order valence-electron chi connectivity index (χ4n) is 4.23. The molecular weight excluding hydrogens is 569 g/mol. The molecule has 1 saturated heterocycles. The highest BCUT2D eigenvalue weighted by Gasteiger charge is 2.41. The lowest BCUT2D eigenvalue weighted by Crippen LogP contribution is -2.60. The van der Waals surface area contributed by atoms with Crippen LogP contribution in [0.15, 0.2) is 58.8 Å². The first-order valence-electron chi connectivity index (χ1n) is 12.3. The number of carboxylic acids is 1. The predicted molar refractivity (Wildman–Crippen MR) is 143 cm³/mol. The number of piperazine rings is 1. The Hall–Kier alpha value is -3.49. The van der Waals surface area contributed by atoms with Crippen LogP contribution in [0.3, 0.4) is 0 Å². The molecule has 1 unspecified atom stereocenters. The number of halogens is 3. The van der Waals surface area contributed by atoms with Crippen LogP contribution in [0, 0.1) is 0 Å². The Bertz CT molecular complexity index is 1470. The van der Waals surface area contributed by atoms with Crippen molar-refractivity contribution in [3.8, 4) is 0 Å². The summed E-state index contributed by atoms with van der Waals surface area (Å²) >= 11 is 1.05. The molecule has 0 radical (unpaired) electrons. The molecule has 40 heavy (non-hydrogen) atoms. The number of carboxylic acid groups (broad SMARTS) is 1. The van der Waals surface area contributed by atoms with E-state index in [1.54, 1.807) is 4.90 Å². The predicted octanol–water partition coefficient (Wildman–Crippen LogP) is 4.18. The van der Waals surface area contributed by atoms with E-state index in [0.29, 0.717) is 23.2 Å². The number of alkyl halides is 3. The van der Waals surface area contributed by atoms with E-state index in [-0.39, 0.29) is 36.8 Å². The van der Waals surface area contributed by atoms with Crippen LogP contribution in [0.25, 0.3) is 0 Å². The average Bonchev–Trinajstić information content (AvgIpc) is 3.42. The number of hydrogen-bond donors (Lipinski definition) is 2. The van der Waals surface area contributed by atoms with Gasteiger partial charge in [0.05, 0.1) is 10.5 Å². The quantitative estimate of drug-likeness (QED) is 0.400. The number of benzene rings is 2. The van der Waals surface area contributed by atoms with Gasteiger partial charge in [0.25, 0.3) is 0 Å². The summed E-state index contributed by atoms with van der Waals surface area (Å²) in [5, 5.41) is 13.6. The molecule has 214 valence electrons. The molecule has 1 fully saturated rings. The van der Waals surface area contributed by atoms with Crippen molar-refractivity contribution in [3.05, 3.63) is 76.3 Å². The maximum absolute atomic E-state index is 13.5. The van der Waals surface area contributed by atoms with Gasteiger partial charge in [0.15, 0.2) is 10.8 Å². The average molecular weight is 597 g/mol. The van der Waals surface area contributed by atoms with Gasteiger partial charge in [-0.1, -0.05) is 38.1 Å². The largest absolute Gasteiger partial charge is 0.476 e. The van der Waals surface area contributed by atoms with Crippen molar-refractivity contribution in [3.63, 3.8) is 0 Å². The van der Waals surface area contributed by atoms with Crippen molar-refractivity contribution in [2.75, 3.05) is 24.5 Å². The van der Waals surface area contributed by atoms with Crippen LogP contribution in [-0.4, -0.2) is 60.4 Å². The van der Waals surface area contributed by atoms with E-state index >= 15 is 0 Å². The van der Waals surface area contributed by atoms with Gasteiger partial charge in [0, 0.05) is 31.6 Å². The molecule has 1 aromatic heterocycles. The number of nitrogens with zero attached hydrogens (tertiary/aromatic N) is 3. The number of nitrogens with one attached hydrogen (secondary N) is 1. The number of carbonyl (C=O) groups excluding carboxylic acids is 1. The molecule has 1 atom stereocenters. The number of rotatable bonds is 8. The molecule has 1 aliphatic heterocycles. The number of hydrogen-bond acceptors (Lipinski definition) is 7. The van der Waals surface area contributed by atoms with Gasteiger partial charge in [-0.2, -0.15) is 17.5 Å². The number of amides is 1. The van der Waals surface area contributed by atoms with Crippen LogP contribution < -0.4 is 10.2 Å². The van der Waals surface area contributed by atoms with Gasteiger partial charge in [0.1, 0.15) is 6.04 Å². The standard InChI is InChI=1S/C26H27F3N4O5S2/c1-16(2)18-5-3-17(4-6-18)13-30-23(34)22-14-32(25-31-21(15-39-25)24(35)36)11-12-33(22)40(37,38)20-9-7-19(8-10-20)26(27,28)29/h3-10,15-16,22H,11-14H2,1-2H3,(H,30,34)(H,35,36). The van der Waals surface area contributed by atoms with Crippen molar-refractivity contribution < 1.29 is 36.3 Å². The molecule has 4 rings (SSSR count). The first-order valence-corrected chi connectivity index (χ1v) is 14.6. The van der Waals surface area contributed by atoms with Gasteiger partial charge in [-0.15, -0.1) is 11.3 Å². The highest BCUT2D eigenvalue weighted by molar-refractivity contribution is 7.89. The minimum atomic E-state index is -4.63. The maximum atomic E-state index is 13.5. The fourth-order valence-corrected chi connectivity index (χ4v) is 6.63. The van der Waals surface area contributed by atoms with E-state index in [2.05, 4.69) is 24.1 Å². The Labute approximate surface area is 233 Å². The summed E-state index contributed by atoms with van der Waals surface area (Å²) in [7, 11) is -4.36. The summed E-state index contributed by atoms with van der Waals surface area (Å²) in [6.07, 6.45) is -4.63. The minimum absolute atomic E-state index is 0.0902. The van der Waals surface area contributed by atoms with Gasteiger partial charge in [-0.05, 0) is 41.3 Å². The molecule has 1 amide bonds. The van der Waals surface area contributed by atoms with Crippen LogP contribution in [0.1, 0.15) is 46.9 Å². The van der Waals surface area contributed by atoms with Crippen molar-refractivity contribution in [2.24, 2.45) is 0 Å². The molecule has 2 N–H and O–H groups in total. The second kappa shape index (κ2) is 11.6. The Morgan fingerprint density at radius 1 is 1.10 bits per heavy atom. The highest BCUT2D eigenvalue weighted by Crippen LogP contribution is 2.31. The summed E-state index contributed by atoms with van der Waals surface area (Å²) in [5.41, 5.74) is 0.752. The summed E-state index contributed by atoms with van der Waals surface area (Å²) in [5.74, 6) is -1.50. The Morgan fingerprint density at radius 2 is 1.75 bits per heavy atom. The van der Waals surface area contributed by atoms with Gasteiger partial charge < -0.3 is 15.3 Å². The zero-order valence-electron chi connectivity index (χ0n) is 21.6. The SMILES string of the molecule is CC(C)c1ccc(CNC(=O)C2CN(c3nc(C(=O)O)cs3)CCN2S(=O)(=O)c2ccc(C(F)(F)F)cc2)cc1. The van der Waals surface area contributed by atoms with Gasteiger partial charge in [-0.3, -0.25) is 4.79 Å².